The third kappa shape index (κ3) is 2.94. The third-order valence-electron chi connectivity index (χ3n) is 3.37. The molecule has 1 amide bonds. The smallest absolute Gasteiger partial charge is 0.414 e. The number of hydrogen-bond acceptors (Lipinski definition) is 2. The minimum Gasteiger partial charge on any atom is -0.444 e. The number of benzene rings is 2. The highest BCUT2D eigenvalue weighted by molar-refractivity contribution is 5.72. The van der Waals surface area contributed by atoms with Gasteiger partial charge >= 0.3 is 6.09 Å². The third-order valence-corrected chi connectivity index (χ3v) is 3.37. The van der Waals surface area contributed by atoms with Crippen LogP contribution in [0, 0.1) is 5.82 Å². The fraction of sp³-hybridized carbons (Fsp3) is 0.118. The van der Waals surface area contributed by atoms with Gasteiger partial charge in [0.1, 0.15) is 12.4 Å². The average molecular weight is 283 g/mol. The maximum absolute atomic E-state index is 13.5. The minimum atomic E-state index is -0.482. The van der Waals surface area contributed by atoms with Gasteiger partial charge < -0.3 is 4.74 Å². The van der Waals surface area contributed by atoms with E-state index in [1.165, 1.54) is 11.0 Å². The quantitative estimate of drug-likeness (QED) is 0.835. The zero-order valence-electron chi connectivity index (χ0n) is 11.3. The molecule has 1 aliphatic heterocycles. The number of halogens is 1. The minimum absolute atomic E-state index is 0.0719. The van der Waals surface area contributed by atoms with Crippen LogP contribution in [-0.4, -0.2) is 11.0 Å². The molecule has 0 spiro atoms. The van der Waals surface area contributed by atoms with E-state index in [1.807, 2.05) is 30.3 Å². The summed E-state index contributed by atoms with van der Waals surface area (Å²) in [4.78, 5) is 13.5. The lowest BCUT2D eigenvalue weighted by Crippen LogP contribution is -2.28. The van der Waals surface area contributed by atoms with Gasteiger partial charge in [-0.15, -0.1) is 0 Å². The molecule has 0 aromatic heterocycles. The van der Waals surface area contributed by atoms with E-state index in [9.17, 15) is 9.18 Å². The van der Waals surface area contributed by atoms with Gasteiger partial charge in [0.25, 0.3) is 0 Å². The Labute approximate surface area is 122 Å². The van der Waals surface area contributed by atoms with Crippen molar-refractivity contribution >= 4 is 12.2 Å². The first-order chi connectivity index (χ1) is 10.2. The molecule has 4 heteroatoms. The van der Waals surface area contributed by atoms with Crippen molar-refractivity contribution in [1.82, 2.24) is 4.90 Å². The van der Waals surface area contributed by atoms with Gasteiger partial charge in [0.2, 0.25) is 0 Å². The number of fused-ring (bicyclic) bond motifs is 1. The predicted molar refractivity (Wildman–Crippen MR) is 77.6 cm³/mol. The highest BCUT2D eigenvalue weighted by atomic mass is 19.1. The van der Waals surface area contributed by atoms with Crippen LogP contribution in [0.1, 0.15) is 16.7 Å². The van der Waals surface area contributed by atoms with E-state index in [0.717, 1.165) is 11.1 Å². The molecular formula is C17H14FNO2. The average Bonchev–Trinajstić information content (AvgIpc) is 2.53. The number of hydrogen-bond donors (Lipinski definition) is 0. The summed E-state index contributed by atoms with van der Waals surface area (Å²) in [5.74, 6) is -0.371. The Morgan fingerprint density at radius 1 is 1.14 bits per heavy atom. The number of ether oxygens (including phenoxy) is 1. The SMILES string of the molecule is O=C(OCc1ccccc1F)N1C=Cc2ccccc2C1. The Balaban J connectivity index is 1.64. The number of carbonyl (C=O) groups is 1. The Bertz CT molecular complexity index is 697. The van der Waals surface area contributed by atoms with Crippen LogP contribution in [-0.2, 0) is 17.9 Å². The lowest BCUT2D eigenvalue weighted by molar-refractivity contribution is 0.107. The van der Waals surface area contributed by atoms with Gasteiger partial charge in [-0.3, -0.25) is 4.90 Å². The van der Waals surface area contributed by atoms with Crippen LogP contribution in [0.15, 0.2) is 54.7 Å². The van der Waals surface area contributed by atoms with Crippen LogP contribution in [0.2, 0.25) is 0 Å². The number of amides is 1. The van der Waals surface area contributed by atoms with Gasteiger partial charge in [-0.25, -0.2) is 9.18 Å². The van der Waals surface area contributed by atoms with Gasteiger partial charge in [-0.2, -0.15) is 0 Å². The van der Waals surface area contributed by atoms with Crippen LogP contribution in [0.4, 0.5) is 9.18 Å². The molecule has 2 aromatic rings. The Kier molecular flexibility index (Phi) is 3.69. The Morgan fingerprint density at radius 2 is 1.90 bits per heavy atom. The molecule has 1 aliphatic rings. The van der Waals surface area contributed by atoms with Crippen LogP contribution in [0.25, 0.3) is 6.08 Å². The molecule has 2 aromatic carbocycles. The van der Waals surface area contributed by atoms with Gasteiger partial charge in [-0.1, -0.05) is 42.5 Å². The van der Waals surface area contributed by atoms with Crippen molar-refractivity contribution in [3.05, 3.63) is 77.2 Å². The second kappa shape index (κ2) is 5.79. The normalized spacial score (nSPS) is 12.9. The molecule has 0 saturated heterocycles. The summed E-state index contributed by atoms with van der Waals surface area (Å²) < 4.78 is 18.6. The van der Waals surface area contributed by atoms with E-state index < -0.39 is 6.09 Å². The Hall–Kier alpha value is -2.62. The fourth-order valence-electron chi connectivity index (χ4n) is 2.21. The summed E-state index contributed by atoms with van der Waals surface area (Å²) in [5.41, 5.74) is 2.52. The summed E-state index contributed by atoms with van der Waals surface area (Å²) in [7, 11) is 0. The molecular weight excluding hydrogens is 269 g/mol. The highest BCUT2D eigenvalue weighted by Crippen LogP contribution is 2.20. The van der Waals surface area contributed by atoms with Crippen LogP contribution >= 0.6 is 0 Å². The molecule has 106 valence electrons. The zero-order valence-corrected chi connectivity index (χ0v) is 11.3. The summed E-state index contributed by atoms with van der Waals surface area (Å²) in [5, 5.41) is 0. The maximum atomic E-state index is 13.5. The van der Waals surface area contributed by atoms with Crippen LogP contribution in [0.3, 0.4) is 0 Å². The first-order valence-electron chi connectivity index (χ1n) is 6.67. The zero-order chi connectivity index (χ0) is 14.7. The first-order valence-corrected chi connectivity index (χ1v) is 6.67. The van der Waals surface area contributed by atoms with E-state index in [0.29, 0.717) is 12.1 Å². The summed E-state index contributed by atoms with van der Waals surface area (Å²) >= 11 is 0. The monoisotopic (exact) mass is 283 g/mol. The van der Waals surface area contributed by atoms with E-state index in [2.05, 4.69) is 0 Å². The molecule has 0 bridgehead atoms. The van der Waals surface area contributed by atoms with E-state index in [1.54, 1.807) is 24.4 Å². The molecule has 0 radical (unpaired) electrons. The molecule has 1 heterocycles. The maximum Gasteiger partial charge on any atom is 0.414 e. The lowest BCUT2D eigenvalue weighted by Gasteiger charge is -2.23. The molecule has 0 fully saturated rings. The second-order valence-electron chi connectivity index (χ2n) is 4.79. The van der Waals surface area contributed by atoms with Crippen molar-refractivity contribution in [2.24, 2.45) is 0 Å². The van der Waals surface area contributed by atoms with E-state index in [-0.39, 0.29) is 12.4 Å². The van der Waals surface area contributed by atoms with Gasteiger partial charge in [0.15, 0.2) is 0 Å². The molecule has 3 nitrogen and oxygen atoms in total. The van der Waals surface area contributed by atoms with Crippen LogP contribution < -0.4 is 0 Å². The number of nitrogens with zero attached hydrogens (tertiary/aromatic N) is 1. The number of rotatable bonds is 2. The molecule has 0 N–H and O–H groups in total. The topological polar surface area (TPSA) is 29.5 Å². The largest absolute Gasteiger partial charge is 0.444 e. The summed E-state index contributed by atoms with van der Waals surface area (Å²) in [6, 6.07) is 14.1. The Morgan fingerprint density at radius 3 is 2.76 bits per heavy atom. The van der Waals surface area contributed by atoms with Crippen molar-refractivity contribution < 1.29 is 13.9 Å². The molecule has 0 saturated carbocycles. The molecule has 0 aliphatic carbocycles. The van der Waals surface area contributed by atoms with Gasteiger partial charge in [0.05, 0.1) is 6.54 Å². The second-order valence-corrected chi connectivity index (χ2v) is 4.79. The highest BCUT2D eigenvalue weighted by Gasteiger charge is 2.18. The molecule has 3 rings (SSSR count). The first kappa shape index (κ1) is 13.4. The van der Waals surface area contributed by atoms with Crippen molar-refractivity contribution in [1.29, 1.82) is 0 Å². The van der Waals surface area contributed by atoms with Crippen molar-refractivity contribution in [2.45, 2.75) is 13.2 Å². The number of carbonyl (C=O) groups excluding carboxylic acids is 1. The summed E-state index contributed by atoms with van der Waals surface area (Å²) in [6.07, 6.45) is 3.07. The molecule has 0 unspecified atom stereocenters. The van der Waals surface area contributed by atoms with E-state index >= 15 is 0 Å². The standard InChI is InChI=1S/C17H14FNO2/c18-16-8-4-3-7-15(16)12-21-17(20)19-10-9-13-5-1-2-6-14(13)11-19/h1-10H,11-12H2. The van der Waals surface area contributed by atoms with Gasteiger partial charge in [-0.05, 0) is 23.3 Å². The predicted octanol–water partition coefficient (Wildman–Crippen LogP) is 3.95. The van der Waals surface area contributed by atoms with Gasteiger partial charge in [0, 0.05) is 11.8 Å². The van der Waals surface area contributed by atoms with E-state index in [4.69, 9.17) is 4.74 Å². The fourth-order valence-corrected chi connectivity index (χ4v) is 2.21. The lowest BCUT2D eigenvalue weighted by atomic mass is 10.1. The van der Waals surface area contributed by atoms with Crippen LogP contribution in [0.5, 0.6) is 0 Å². The molecule has 0 atom stereocenters. The molecule has 21 heavy (non-hydrogen) atoms. The van der Waals surface area contributed by atoms with Crippen molar-refractivity contribution in [3.63, 3.8) is 0 Å². The van der Waals surface area contributed by atoms with Crippen molar-refractivity contribution in [3.8, 4) is 0 Å². The van der Waals surface area contributed by atoms with Crippen molar-refractivity contribution in [2.75, 3.05) is 0 Å². The summed E-state index contributed by atoms with van der Waals surface area (Å²) in [6.45, 7) is 0.389.